The molecule has 1 aromatic rings. The van der Waals surface area contributed by atoms with Gasteiger partial charge in [-0.2, -0.15) is 0 Å². The van der Waals surface area contributed by atoms with Crippen molar-refractivity contribution in [2.45, 2.75) is 18.4 Å². The molecule has 80 valence electrons. The Balaban J connectivity index is 2.43. The molecule has 0 unspecified atom stereocenters. The zero-order chi connectivity index (χ0) is 10.9. The third-order valence-corrected chi connectivity index (χ3v) is 3.08. The van der Waals surface area contributed by atoms with Gasteiger partial charge in [-0.3, -0.25) is 0 Å². The lowest BCUT2D eigenvalue weighted by Crippen LogP contribution is -2.27. The van der Waals surface area contributed by atoms with Gasteiger partial charge in [-0.25, -0.2) is 4.79 Å². The molecule has 0 amide bonds. The van der Waals surface area contributed by atoms with Crippen LogP contribution in [-0.4, -0.2) is 20.1 Å². The summed E-state index contributed by atoms with van der Waals surface area (Å²) < 4.78 is 4.78. The lowest BCUT2D eigenvalue weighted by atomic mass is 9.98. The van der Waals surface area contributed by atoms with E-state index >= 15 is 0 Å². The van der Waals surface area contributed by atoms with Gasteiger partial charge in [0.15, 0.2) is 0 Å². The molecule has 3 heteroatoms. The number of hydrogen-bond acceptors (Lipinski definition) is 3. The molecule has 2 rings (SSSR count). The second-order valence-corrected chi connectivity index (χ2v) is 3.87. The molecular weight excluding hydrogens is 190 g/mol. The van der Waals surface area contributed by atoms with Crippen LogP contribution in [0.25, 0.3) is 0 Å². The standard InChI is InChI=1S/C12H15NO2/c1-13-12(7-8-12)10-6-4-3-5-9(10)11(14)15-2/h3-6,13H,7-8H2,1-2H3. The summed E-state index contributed by atoms with van der Waals surface area (Å²) >= 11 is 0. The van der Waals surface area contributed by atoms with Crippen molar-refractivity contribution in [3.63, 3.8) is 0 Å². The minimum Gasteiger partial charge on any atom is -0.465 e. The van der Waals surface area contributed by atoms with E-state index in [-0.39, 0.29) is 11.5 Å². The Morgan fingerprint density at radius 3 is 2.60 bits per heavy atom. The van der Waals surface area contributed by atoms with Gasteiger partial charge in [0.1, 0.15) is 0 Å². The van der Waals surface area contributed by atoms with Gasteiger partial charge in [0, 0.05) is 5.54 Å². The first-order chi connectivity index (χ1) is 7.23. The highest BCUT2D eigenvalue weighted by atomic mass is 16.5. The van der Waals surface area contributed by atoms with E-state index in [1.807, 2.05) is 31.3 Å². The van der Waals surface area contributed by atoms with Crippen LogP contribution < -0.4 is 5.32 Å². The summed E-state index contributed by atoms with van der Waals surface area (Å²) in [5.41, 5.74) is 1.73. The Bertz CT molecular complexity index is 383. The van der Waals surface area contributed by atoms with Crippen LogP contribution in [0.4, 0.5) is 0 Å². The number of carbonyl (C=O) groups is 1. The Morgan fingerprint density at radius 1 is 1.40 bits per heavy atom. The van der Waals surface area contributed by atoms with Crippen LogP contribution in [0.1, 0.15) is 28.8 Å². The summed E-state index contributed by atoms with van der Waals surface area (Å²) in [6.07, 6.45) is 2.16. The first kappa shape index (κ1) is 10.2. The summed E-state index contributed by atoms with van der Waals surface area (Å²) in [4.78, 5) is 11.6. The highest BCUT2D eigenvalue weighted by Crippen LogP contribution is 2.46. The van der Waals surface area contributed by atoms with Gasteiger partial charge in [0.05, 0.1) is 12.7 Å². The van der Waals surface area contributed by atoms with Gasteiger partial charge >= 0.3 is 5.97 Å². The molecule has 3 nitrogen and oxygen atoms in total. The fourth-order valence-electron chi connectivity index (χ4n) is 1.97. The third kappa shape index (κ3) is 1.63. The van der Waals surface area contributed by atoms with Crippen molar-refractivity contribution in [1.82, 2.24) is 5.32 Å². The SMILES string of the molecule is CNC1(c2ccccc2C(=O)OC)CC1. The van der Waals surface area contributed by atoms with E-state index in [2.05, 4.69) is 5.32 Å². The molecule has 1 aliphatic carbocycles. The largest absolute Gasteiger partial charge is 0.465 e. The summed E-state index contributed by atoms with van der Waals surface area (Å²) in [7, 11) is 3.35. The fraction of sp³-hybridized carbons (Fsp3) is 0.417. The number of methoxy groups -OCH3 is 1. The van der Waals surface area contributed by atoms with Crippen LogP contribution in [0.2, 0.25) is 0 Å². The fourth-order valence-corrected chi connectivity index (χ4v) is 1.97. The van der Waals surface area contributed by atoms with Crippen LogP contribution in [0, 0.1) is 0 Å². The maximum absolute atomic E-state index is 11.6. The van der Waals surface area contributed by atoms with Crippen molar-refractivity contribution in [3.05, 3.63) is 35.4 Å². The molecule has 1 fully saturated rings. The number of esters is 1. The Labute approximate surface area is 89.4 Å². The predicted molar refractivity (Wildman–Crippen MR) is 57.8 cm³/mol. The predicted octanol–water partition coefficient (Wildman–Crippen LogP) is 1.68. The Hall–Kier alpha value is -1.35. The average Bonchev–Trinajstić information content (AvgIpc) is 3.09. The second kappa shape index (κ2) is 3.66. The number of hydrogen-bond donors (Lipinski definition) is 1. The van der Waals surface area contributed by atoms with Crippen molar-refractivity contribution in [2.24, 2.45) is 0 Å². The van der Waals surface area contributed by atoms with E-state index in [9.17, 15) is 4.79 Å². The first-order valence-corrected chi connectivity index (χ1v) is 5.10. The molecule has 1 N–H and O–H groups in total. The zero-order valence-corrected chi connectivity index (χ0v) is 9.04. The minimum atomic E-state index is -0.257. The van der Waals surface area contributed by atoms with E-state index in [1.165, 1.54) is 7.11 Å². The van der Waals surface area contributed by atoms with Crippen molar-refractivity contribution in [2.75, 3.05) is 14.2 Å². The molecule has 0 saturated heterocycles. The van der Waals surface area contributed by atoms with Crippen molar-refractivity contribution >= 4 is 5.97 Å². The van der Waals surface area contributed by atoms with E-state index in [1.54, 1.807) is 0 Å². The summed E-state index contributed by atoms with van der Waals surface area (Å²) in [5, 5.41) is 3.28. The van der Waals surface area contributed by atoms with Gasteiger partial charge < -0.3 is 10.1 Å². The van der Waals surface area contributed by atoms with E-state index in [0.29, 0.717) is 5.56 Å². The maximum Gasteiger partial charge on any atom is 0.338 e. The molecule has 0 aromatic heterocycles. The van der Waals surface area contributed by atoms with Gasteiger partial charge in [-0.05, 0) is 31.5 Å². The lowest BCUT2D eigenvalue weighted by Gasteiger charge is -2.17. The third-order valence-electron chi connectivity index (χ3n) is 3.08. The molecule has 0 atom stereocenters. The van der Waals surface area contributed by atoms with E-state index < -0.39 is 0 Å². The van der Waals surface area contributed by atoms with Crippen molar-refractivity contribution in [1.29, 1.82) is 0 Å². The molecular formula is C12H15NO2. The molecule has 0 spiro atoms. The molecule has 1 aliphatic rings. The topological polar surface area (TPSA) is 38.3 Å². The summed E-state index contributed by atoms with van der Waals surface area (Å²) in [6, 6.07) is 7.63. The van der Waals surface area contributed by atoms with Crippen LogP contribution in [0.15, 0.2) is 24.3 Å². The normalized spacial score (nSPS) is 17.2. The van der Waals surface area contributed by atoms with E-state index in [0.717, 1.165) is 18.4 Å². The van der Waals surface area contributed by atoms with Gasteiger partial charge in [-0.1, -0.05) is 18.2 Å². The summed E-state index contributed by atoms with van der Waals surface area (Å²) in [6.45, 7) is 0. The van der Waals surface area contributed by atoms with Gasteiger partial charge in [0.25, 0.3) is 0 Å². The quantitative estimate of drug-likeness (QED) is 0.763. The Kier molecular flexibility index (Phi) is 2.49. The van der Waals surface area contributed by atoms with Gasteiger partial charge in [-0.15, -0.1) is 0 Å². The lowest BCUT2D eigenvalue weighted by molar-refractivity contribution is 0.0598. The highest BCUT2D eigenvalue weighted by molar-refractivity contribution is 5.91. The molecule has 0 heterocycles. The van der Waals surface area contributed by atoms with Crippen LogP contribution in [0.5, 0.6) is 0 Å². The molecule has 1 aromatic carbocycles. The monoisotopic (exact) mass is 205 g/mol. The van der Waals surface area contributed by atoms with Gasteiger partial charge in [0.2, 0.25) is 0 Å². The van der Waals surface area contributed by atoms with E-state index in [4.69, 9.17) is 4.74 Å². The van der Waals surface area contributed by atoms with Crippen LogP contribution in [-0.2, 0) is 10.3 Å². The molecule has 0 bridgehead atoms. The number of rotatable bonds is 3. The van der Waals surface area contributed by atoms with Crippen LogP contribution in [0.3, 0.4) is 0 Å². The summed E-state index contributed by atoms with van der Waals surface area (Å²) in [5.74, 6) is -0.257. The Morgan fingerprint density at radius 2 is 2.07 bits per heavy atom. The van der Waals surface area contributed by atoms with Crippen molar-refractivity contribution in [3.8, 4) is 0 Å². The molecule has 1 saturated carbocycles. The number of nitrogens with one attached hydrogen (secondary N) is 1. The zero-order valence-electron chi connectivity index (χ0n) is 9.04. The second-order valence-electron chi connectivity index (χ2n) is 3.87. The highest BCUT2D eigenvalue weighted by Gasteiger charge is 2.44. The molecule has 15 heavy (non-hydrogen) atoms. The number of carbonyl (C=O) groups excluding carboxylic acids is 1. The van der Waals surface area contributed by atoms with Crippen molar-refractivity contribution < 1.29 is 9.53 Å². The average molecular weight is 205 g/mol. The number of benzene rings is 1. The molecule has 0 radical (unpaired) electrons. The maximum atomic E-state index is 11.6. The number of ether oxygens (including phenoxy) is 1. The molecule has 0 aliphatic heterocycles. The smallest absolute Gasteiger partial charge is 0.338 e. The van der Waals surface area contributed by atoms with Crippen LogP contribution >= 0.6 is 0 Å². The minimum absolute atomic E-state index is 0.00475. The first-order valence-electron chi connectivity index (χ1n) is 5.10.